The first kappa shape index (κ1) is 20.9. The second-order valence-corrected chi connectivity index (χ2v) is 8.86. The SMILES string of the molecule is CC[C@@]1(O)C(=O)OCc2c1cc1n(c2=O)Cc2c-1nc1ccc(F)c3c1c2C(NC(=O)CO)C3. The number of aliphatic hydroxyl groups excluding tert-OH is 1. The number of hydrogen-bond acceptors (Lipinski definition) is 7. The zero-order valence-corrected chi connectivity index (χ0v) is 18.1. The predicted octanol–water partition coefficient (Wildman–Crippen LogP) is 0.924. The Balaban J connectivity index is 1.63. The Bertz CT molecular complexity index is 1510. The Labute approximate surface area is 191 Å². The molecule has 0 fully saturated rings. The molecule has 34 heavy (non-hydrogen) atoms. The van der Waals surface area contributed by atoms with E-state index in [-0.39, 0.29) is 37.1 Å². The van der Waals surface area contributed by atoms with Crippen molar-refractivity contribution < 1.29 is 28.9 Å². The van der Waals surface area contributed by atoms with E-state index >= 15 is 0 Å². The van der Waals surface area contributed by atoms with E-state index in [1.165, 1.54) is 10.6 Å². The minimum absolute atomic E-state index is 0.0306. The molecule has 2 atom stereocenters. The lowest BCUT2D eigenvalue weighted by Gasteiger charge is -2.31. The summed E-state index contributed by atoms with van der Waals surface area (Å²) in [4.78, 5) is 42.5. The van der Waals surface area contributed by atoms with Gasteiger partial charge < -0.3 is 24.8 Å². The van der Waals surface area contributed by atoms with Crippen LogP contribution in [0.4, 0.5) is 4.39 Å². The van der Waals surface area contributed by atoms with E-state index in [1.807, 2.05) is 0 Å². The molecule has 4 heterocycles. The van der Waals surface area contributed by atoms with Gasteiger partial charge in [0.25, 0.3) is 5.56 Å². The first-order valence-corrected chi connectivity index (χ1v) is 11.0. The van der Waals surface area contributed by atoms with Crippen LogP contribution in [0.3, 0.4) is 0 Å². The van der Waals surface area contributed by atoms with Crippen LogP contribution >= 0.6 is 0 Å². The normalized spacial score (nSPS) is 21.8. The summed E-state index contributed by atoms with van der Waals surface area (Å²) in [6, 6.07) is 3.88. The number of amides is 1. The smallest absolute Gasteiger partial charge is 0.343 e. The maximum absolute atomic E-state index is 14.7. The zero-order chi connectivity index (χ0) is 23.9. The average Bonchev–Trinajstić information content (AvgIpc) is 3.39. The number of esters is 1. The number of aromatic nitrogens is 2. The van der Waals surface area contributed by atoms with Crippen LogP contribution in [0, 0.1) is 5.82 Å². The van der Waals surface area contributed by atoms with Crippen LogP contribution in [-0.2, 0) is 39.5 Å². The first-order chi connectivity index (χ1) is 16.3. The number of aliphatic hydroxyl groups is 2. The fourth-order valence-corrected chi connectivity index (χ4v) is 5.51. The Morgan fingerprint density at radius 1 is 1.32 bits per heavy atom. The second-order valence-electron chi connectivity index (χ2n) is 8.86. The fourth-order valence-electron chi connectivity index (χ4n) is 5.51. The van der Waals surface area contributed by atoms with Crippen LogP contribution in [0.15, 0.2) is 23.0 Å². The van der Waals surface area contributed by atoms with E-state index in [0.717, 1.165) is 0 Å². The summed E-state index contributed by atoms with van der Waals surface area (Å²) < 4.78 is 21.3. The monoisotopic (exact) mass is 465 g/mol. The van der Waals surface area contributed by atoms with Crippen molar-refractivity contribution in [2.75, 3.05) is 6.61 Å². The number of rotatable bonds is 3. The summed E-state index contributed by atoms with van der Waals surface area (Å²) in [5.74, 6) is -1.81. The number of benzene rings is 1. The number of nitrogens with one attached hydrogen (secondary N) is 1. The summed E-state index contributed by atoms with van der Waals surface area (Å²) in [7, 11) is 0. The zero-order valence-electron chi connectivity index (χ0n) is 18.1. The third-order valence-electron chi connectivity index (χ3n) is 7.18. The lowest BCUT2D eigenvalue weighted by Crippen LogP contribution is -2.44. The van der Waals surface area contributed by atoms with E-state index in [9.17, 15) is 29.0 Å². The largest absolute Gasteiger partial charge is 0.458 e. The topological polar surface area (TPSA) is 131 Å². The lowest BCUT2D eigenvalue weighted by atomic mass is 9.86. The van der Waals surface area contributed by atoms with E-state index < -0.39 is 41.5 Å². The highest BCUT2D eigenvalue weighted by molar-refractivity contribution is 5.94. The van der Waals surface area contributed by atoms with Gasteiger partial charge in [0, 0.05) is 22.9 Å². The van der Waals surface area contributed by atoms with E-state index in [0.29, 0.717) is 39.0 Å². The molecule has 3 aromatic rings. The average molecular weight is 465 g/mol. The molecule has 9 nitrogen and oxygen atoms in total. The Morgan fingerprint density at radius 2 is 2.12 bits per heavy atom. The second kappa shape index (κ2) is 6.94. The molecule has 1 unspecified atom stereocenters. The maximum atomic E-state index is 14.7. The molecule has 0 saturated carbocycles. The number of fused-ring (bicyclic) bond motifs is 5. The predicted molar refractivity (Wildman–Crippen MR) is 116 cm³/mol. The molecule has 0 saturated heterocycles. The molecule has 1 amide bonds. The molecule has 3 aliphatic rings. The van der Waals surface area contributed by atoms with Crippen molar-refractivity contribution in [3.05, 3.63) is 62.2 Å². The highest BCUT2D eigenvalue weighted by atomic mass is 19.1. The van der Waals surface area contributed by atoms with E-state index in [2.05, 4.69) is 5.32 Å². The molecule has 6 rings (SSSR count). The van der Waals surface area contributed by atoms with Gasteiger partial charge in [-0.15, -0.1) is 0 Å². The molecule has 10 heteroatoms. The van der Waals surface area contributed by atoms with Gasteiger partial charge >= 0.3 is 5.97 Å². The number of hydrogen-bond donors (Lipinski definition) is 3. The van der Waals surface area contributed by atoms with Crippen LogP contribution in [0.5, 0.6) is 0 Å². The van der Waals surface area contributed by atoms with Crippen LogP contribution in [0.25, 0.3) is 22.3 Å². The van der Waals surface area contributed by atoms with Gasteiger partial charge in [0.2, 0.25) is 5.91 Å². The van der Waals surface area contributed by atoms with Gasteiger partial charge in [0.05, 0.1) is 35.1 Å². The molecule has 174 valence electrons. The Kier molecular flexibility index (Phi) is 4.27. The van der Waals surface area contributed by atoms with Crippen molar-refractivity contribution in [3.63, 3.8) is 0 Å². The molecular formula is C24H20FN3O6. The molecule has 0 spiro atoms. The molecule has 3 N–H and O–H groups in total. The Hall–Kier alpha value is -3.63. The number of carbonyl (C=O) groups is 2. The highest BCUT2D eigenvalue weighted by Gasteiger charge is 2.46. The minimum atomic E-state index is -1.94. The number of ether oxygens (including phenoxy) is 1. The van der Waals surface area contributed by atoms with Crippen LogP contribution in [0.2, 0.25) is 0 Å². The number of nitrogens with zero attached hydrogens (tertiary/aromatic N) is 2. The van der Waals surface area contributed by atoms with Crippen LogP contribution < -0.4 is 10.9 Å². The van der Waals surface area contributed by atoms with E-state index in [1.54, 1.807) is 19.1 Å². The van der Waals surface area contributed by atoms with Crippen molar-refractivity contribution >= 4 is 22.8 Å². The van der Waals surface area contributed by atoms with Crippen molar-refractivity contribution in [2.45, 2.75) is 44.6 Å². The first-order valence-electron chi connectivity index (χ1n) is 11.0. The summed E-state index contributed by atoms with van der Waals surface area (Å²) >= 11 is 0. The molecule has 0 radical (unpaired) electrons. The minimum Gasteiger partial charge on any atom is -0.458 e. The van der Waals surface area contributed by atoms with Gasteiger partial charge in [-0.3, -0.25) is 9.59 Å². The van der Waals surface area contributed by atoms with Gasteiger partial charge in [-0.2, -0.15) is 0 Å². The Morgan fingerprint density at radius 3 is 2.85 bits per heavy atom. The standard InChI is InChI=1S/C24H20FN3O6/c1-2-24(33)13-6-17-21-11(7-28(17)22(31)12(13)9-34-23(24)32)20-16(26-18(30)8-29)5-10-14(25)3-4-15(27-21)19(10)20/h3-4,6,16,29,33H,2,5,7-9H2,1H3,(H,26,30)/t16?,24-/m0/s1. The summed E-state index contributed by atoms with van der Waals surface area (Å²) in [6.45, 7) is 0.821. The number of halogens is 1. The molecular weight excluding hydrogens is 445 g/mol. The molecule has 2 aliphatic heterocycles. The van der Waals surface area contributed by atoms with Crippen molar-refractivity contribution in [3.8, 4) is 11.4 Å². The summed E-state index contributed by atoms with van der Waals surface area (Å²) in [5, 5.41) is 23.6. The summed E-state index contributed by atoms with van der Waals surface area (Å²) in [5.41, 5.74) is 1.24. The molecule has 0 bridgehead atoms. The lowest BCUT2D eigenvalue weighted by molar-refractivity contribution is -0.172. The van der Waals surface area contributed by atoms with Gasteiger partial charge in [-0.05, 0) is 35.7 Å². The van der Waals surface area contributed by atoms with Crippen molar-refractivity contribution in [1.82, 2.24) is 14.9 Å². The summed E-state index contributed by atoms with van der Waals surface area (Å²) in [6.07, 6.45) is 0.227. The van der Waals surface area contributed by atoms with Gasteiger partial charge in [0.15, 0.2) is 5.60 Å². The molecule has 2 aromatic heterocycles. The quantitative estimate of drug-likeness (QED) is 0.384. The third-order valence-corrected chi connectivity index (χ3v) is 7.18. The maximum Gasteiger partial charge on any atom is 0.343 e. The van der Waals surface area contributed by atoms with Gasteiger partial charge in [-0.1, -0.05) is 6.92 Å². The number of carbonyl (C=O) groups excluding carboxylic acids is 2. The highest BCUT2D eigenvalue weighted by Crippen LogP contribution is 2.46. The fraction of sp³-hybridized carbons (Fsp3) is 0.333. The van der Waals surface area contributed by atoms with Gasteiger partial charge in [0.1, 0.15) is 19.0 Å². The molecule has 1 aliphatic carbocycles. The van der Waals surface area contributed by atoms with Crippen molar-refractivity contribution in [1.29, 1.82) is 0 Å². The van der Waals surface area contributed by atoms with Gasteiger partial charge in [-0.25, -0.2) is 14.2 Å². The van der Waals surface area contributed by atoms with Crippen molar-refractivity contribution in [2.24, 2.45) is 0 Å². The number of pyridine rings is 2. The third kappa shape index (κ3) is 2.55. The van der Waals surface area contributed by atoms with Crippen LogP contribution in [0.1, 0.15) is 47.2 Å². The number of cyclic esters (lactones) is 1. The van der Waals surface area contributed by atoms with Crippen LogP contribution in [-0.4, -0.2) is 38.2 Å². The molecule has 1 aromatic carbocycles. The van der Waals surface area contributed by atoms with E-state index in [4.69, 9.17) is 9.72 Å².